The second-order valence-corrected chi connectivity index (χ2v) is 6.22. The third-order valence-electron chi connectivity index (χ3n) is 2.66. The van der Waals surface area contributed by atoms with Gasteiger partial charge in [-0.3, -0.25) is 5.10 Å². The van der Waals surface area contributed by atoms with Crippen LogP contribution in [0.5, 0.6) is 0 Å². The highest BCUT2D eigenvalue weighted by molar-refractivity contribution is 9.09. The molecule has 1 aliphatic carbocycles. The van der Waals surface area contributed by atoms with Crippen LogP contribution in [-0.2, 0) is 10.0 Å². The molecule has 0 aromatic carbocycles. The minimum Gasteiger partial charge on any atom is -0.284 e. The van der Waals surface area contributed by atoms with Crippen LogP contribution in [0, 0.1) is 5.41 Å². The summed E-state index contributed by atoms with van der Waals surface area (Å²) in [5.74, 6) is 0. The number of sulfonamides is 1. The molecule has 84 valence electrons. The van der Waals surface area contributed by atoms with E-state index in [1.165, 1.54) is 12.4 Å². The molecule has 2 N–H and O–H groups in total. The highest BCUT2D eigenvalue weighted by Crippen LogP contribution is 2.46. The number of hydrogen-bond donors (Lipinski definition) is 2. The number of nitrogens with one attached hydrogen (secondary N) is 2. The van der Waals surface area contributed by atoms with E-state index in [2.05, 4.69) is 30.8 Å². The summed E-state index contributed by atoms with van der Waals surface area (Å²) in [7, 11) is -3.38. The molecule has 0 spiro atoms. The van der Waals surface area contributed by atoms with Gasteiger partial charge in [0.1, 0.15) is 4.90 Å². The van der Waals surface area contributed by atoms with Crippen molar-refractivity contribution < 1.29 is 8.42 Å². The van der Waals surface area contributed by atoms with Crippen molar-refractivity contribution in [3.8, 4) is 0 Å². The topological polar surface area (TPSA) is 74.8 Å². The third-order valence-corrected chi connectivity index (χ3v) is 5.22. The molecule has 0 bridgehead atoms. The monoisotopic (exact) mass is 293 g/mol. The molecule has 0 amide bonds. The van der Waals surface area contributed by atoms with Crippen LogP contribution >= 0.6 is 15.9 Å². The predicted octanol–water partition coefficient (Wildman–Crippen LogP) is 0.863. The van der Waals surface area contributed by atoms with Crippen molar-refractivity contribution in [3.05, 3.63) is 12.4 Å². The Morgan fingerprint density at radius 1 is 1.60 bits per heavy atom. The molecule has 7 heteroatoms. The maximum Gasteiger partial charge on any atom is 0.243 e. The van der Waals surface area contributed by atoms with Gasteiger partial charge in [-0.25, -0.2) is 13.1 Å². The van der Waals surface area contributed by atoms with Gasteiger partial charge in [0.2, 0.25) is 10.0 Å². The Balaban J connectivity index is 2.00. The Kier molecular flexibility index (Phi) is 2.87. The van der Waals surface area contributed by atoms with E-state index in [0.29, 0.717) is 6.54 Å². The van der Waals surface area contributed by atoms with Gasteiger partial charge in [0.05, 0.1) is 6.20 Å². The molecule has 0 radical (unpaired) electrons. The Bertz CT molecular complexity index is 425. The zero-order chi connectivity index (χ0) is 10.9. The summed E-state index contributed by atoms with van der Waals surface area (Å²) in [6.07, 6.45) is 4.82. The number of aromatic nitrogens is 2. The molecule has 0 saturated heterocycles. The summed E-state index contributed by atoms with van der Waals surface area (Å²) in [5, 5.41) is 6.94. The van der Waals surface area contributed by atoms with Crippen molar-refractivity contribution in [1.82, 2.24) is 14.9 Å². The van der Waals surface area contributed by atoms with E-state index in [9.17, 15) is 8.42 Å². The molecule has 1 aliphatic rings. The number of H-pyrrole nitrogens is 1. The Hall–Kier alpha value is -0.400. The minimum absolute atomic E-state index is 0.136. The van der Waals surface area contributed by atoms with Crippen molar-refractivity contribution in [2.45, 2.75) is 17.7 Å². The van der Waals surface area contributed by atoms with Crippen molar-refractivity contribution >= 4 is 26.0 Å². The Morgan fingerprint density at radius 3 is 2.80 bits per heavy atom. The predicted molar refractivity (Wildman–Crippen MR) is 59.2 cm³/mol. The molecule has 0 aliphatic heterocycles. The fraction of sp³-hybridized carbons (Fsp3) is 0.625. The van der Waals surface area contributed by atoms with Crippen molar-refractivity contribution in [2.24, 2.45) is 5.41 Å². The van der Waals surface area contributed by atoms with E-state index in [-0.39, 0.29) is 10.3 Å². The standard InChI is InChI=1S/C8H12BrN3O2S/c9-5-8(1-2-8)6-12-15(13,14)7-3-10-11-4-7/h3-4,12H,1-2,5-6H2,(H,10,11). The summed E-state index contributed by atoms with van der Waals surface area (Å²) < 4.78 is 26.0. The summed E-state index contributed by atoms with van der Waals surface area (Å²) >= 11 is 3.40. The summed E-state index contributed by atoms with van der Waals surface area (Å²) in [5.41, 5.74) is 0.136. The molecular weight excluding hydrogens is 282 g/mol. The molecule has 0 unspecified atom stereocenters. The van der Waals surface area contributed by atoms with E-state index in [1.807, 2.05) is 0 Å². The third kappa shape index (κ3) is 2.40. The highest BCUT2D eigenvalue weighted by Gasteiger charge is 2.42. The second kappa shape index (κ2) is 3.88. The lowest BCUT2D eigenvalue weighted by atomic mass is 10.1. The SMILES string of the molecule is O=S(=O)(NCC1(CBr)CC1)c1cn[nH]c1. The van der Waals surface area contributed by atoms with Crippen LogP contribution in [0.1, 0.15) is 12.8 Å². The van der Waals surface area contributed by atoms with Crippen LogP contribution in [0.2, 0.25) is 0 Å². The number of aromatic amines is 1. The van der Waals surface area contributed by atoms with E-state index < -0.39 is 10.0 Å². The minimum atomic E-state index is -3.38. The summed E-state index contributed by atoms with van der Waals surface area (Å²) in [6.45, 7) is 0.492. The first-order chi connectivity index (χ1) is 7.08. The highest BCUT2D eigenvalue weighted by atomic mass is 79.9. The maximum absolute atomic E-state index is 11.7. The van der Waals surface area contributed by atoms with Crippen molar-refractivity contribution in [2.75, 3.05) is 11.9 Å². The first-order valence-electron chi connectivity index (χ1n) is 4.62. The van der Waals surface area contributed by atoms with E-state index in [4.69, 9.17) is 0 Å². The lowest BCUT2D eigenvalue weighted by Gasteiger charge is -2.11. The normalized spacial score (nSPS) is 19.0. The molecule has 0 atom stereocenters. The Labute approximate surface area is 96.8 Å². The van der Waals surface area contributed by atoms with E-state index >= 15 is 0 Å². The van der Waals surface area contributed by atoms with Crippen LogP contribution < -0.4 is 4.72 Å². The lowest BCUT2D eigenvalue weighted by molar-refractivity contribution is 0.538. The number of alkyl halides is 1. The van der Waals surface area contributed by atoms with Gasteiger partial charge in [-0.15, -0.1) is 0 Å². The molecule has 1 aromatic rings. The average Bonchev–Trinajstić information content (AvgIpc) is 2.77. The van der Waals surface area contributed by atoms with Gasteiger partial charge in [0.25, 0.3) is 0 Å². The fourth-order valence-corrected chi connectivity index (χ4v) is 3.07. The molecule has 2 rings (SSSR count). The van der Waals surface area contributed by atoms with Gasteiger partial charge in [0.15, 0.2) is 0 Å². The molecular formula is C8H12BrN3O2S. The number of hydrogen-bond acceptors (Lipinski definition) is 3. The molecule has 1 saturated carbocycles. The smallest absolute Gasteiger partial charge is 0.243 e. The fourth-order valence-electron chi connectivity index (χ4n) is 1.25. The quantitative estimate of drug-likeness (QED) is 0.791. The largest absolute Gasteiger partial charge is 0.284 e. The molecule has 1 fully saturated rings. The van der Waals surface area contributed by atoms with Gasteiger partial charge < -0.3 is 0 Å². The first kappa shape index (κ1) is 11.1. The van der Waals surface area contributed by atoms with Gasteiger partial charge in [-0.1, -0.05) is 15.9 Å². The molecule has 5 nitrogen and oxygen atoms in total. The molecule has 15 heavy (non-hydrogen) atoms. The van der Waals surface area contributed by atoms with Gasteiger partial charge in [-0.2, -0.15) is 5.10 Å². The van der Waals surface area contributed by atoms with Gasteiger partial charge in [-0.05, 0) is 18.3 Å². The number of nitrogens with zero attached hydrogens (tertiary/aromatic N) is 1. The number of rotatable bonds is 5. The van der Waals surface area contributed by atoms with E-state index in [1.54, 1.807) is 0 Å². The van der Waals surface area contributed by atoms with E-state index in [0.717, 1.165) is 18.2 Å². The van der Waals surface area contributed by atoms with Crippen LogP contribution in [0.4, 0.5) is 0 Å². The average molecular weight is 294 g/mol. The van der Waals surface area contributed by atoms with Crippen molar-refractivity contribution in [3.63, 3.8) is 0 Å². The van der Waals surface area contributed by atoms with Crippen LogP contribution in [-0.4, -0.2) is 30.5 Å². The molecule has 1 heterocycles. The van der Waals surface area contributed by atoms with Gasteiger partial charge >= 0.3 is 0 Å². The van der Waals surface area contributed by atoms with Crippen molar-refractivity contribution in [1.29, 1.82) is 0 Å². The van der Waals surface area contributed by atoms with Gasteiger partial charge in [0, 0.05) is 18.1 Å². The van der Waals surface area contributed by atoms with Crippen LogP contribution in [0.3, 0.4) is 0 Å². The summed E-state index contributed by atoms with van der Waals surface area (Å²) in [6, 6.07) is 0. The number of halogens is 1. The second-order valence-electron chi connectivity index (χ2n) is 3.89. The van der Waals surface area contributed by atoms with Crippen LogP contribution in [0.25, 0.3) is 0 Å². The first-order valence-corrected chi connectivity index (χ1v) is 7.23. The summed E-state index contributed by atoms with van der Waals surface area (Å²) in [4.78, 5) is 0.188. The molecule has 1 aromatic heterocycles. The zero-order valence-corrected chi connectivity index (χ0v) is 10.4. The Morgan fingerprint density at radius 2 is 2.33 bits per heavy atom. The van der Waals surface area contributed by atoms with Crippen LogP contribution in [0.15, 0.2) is 17.3 Å². The lowest BCUT2D eigenvalue weighted by Crippen LogP contribution is -2.30. The maximum atomic E-state index is 11.7. The zero-order valence-electron chi connectivity index (χ0n) is 8.03.